The third-order valence-electron chi connectivity index (χ3n) is 7.13. The molecular formula is C24H20N2O6. The van der Waals surface area contributed by atoms with Crippen molar-refractivity contribution in [3.8, 4) is 0 Å². The fraction of sp³-hybridized carbons (Fsp3) is 0.333. The van der Waals surface area contributed by atoms with E-state index in [1.165, 1.54) is 11.8 Å². The number of imide groups is 1. The number of piperidine rings is 1. The standard InChI is InChI=1S/C24H20N2O6/c1-14(27)24-19-18(20(28)25(21(19)29)16-10-6-3-7-11-16)23(32-24)13-31-12-17(26(23)22(24)30)15-8-4-2-5-9-15/h2-11,17-19H,12-13H2,1H3/t17-,18+,19-,23+,24-/m0/s1. The molecule has 0 radical (unpaired) electrons. The maximum Gasteiger partial charge on any atom is 0.266 e. The molecule has 2 aromatic rings. The van der Waals surface area contributed by atoms with Gasteiger partial charge in [0.15, 0.2) is 11.5 Å². The van der Waals surface area contributed by atoms with Crippen LogP contribution in [0.4, 0.5) is 5.69 Å². The Balaban J connectivity index is 1.53. The molecule has 4 fully saturated rings. The first-order valence-electron chi connectivity index (χ1n) is 10.5. The number of carbonyl (C=O) groups excluding carboxylic acids is 4. The van der Waals surface area contributed by atoms with Gasteiger partial charge in [0.05, 0.1) is 24.9 Å². The van der Waals surface area contributed by atoms with Crippen molar-refractivity contribution in [3.05, 3.63) is 66.2 Å². The molecule has 0 saturated carbocycles. The van der Waals surface area contributed by atoms with Crippen molar-refractivity contribution in [2.45, 2.75) is 24.3 Å². The van der Waals surface area contributed by atoms with Crippen LogP contribution in [0.1, 0.15) is 18.5 Å². The van der Waals surface area contributed by atoms with Gasteiger partial charge >= 0.3 is 0 Å². The summed E-state index contributed by atoms with van der Waals surface area (Å²) in [4.78, 5) is 56.6. The lowest BCUT2D eigenvalue weighted by molar-refractivity contribution is -0.206. The summed E-state index contributed by atoms with van der Waals surface area (Å²) in [7, 11) is 0. The topological polar surface area (TPSA) is 93.2 Å². The Morgan fingerprint density at radius 2 is 1.56 bits per heavy atom. The number of ketones is 1. The molecule has 4 aliphatic heterocycles. The van der Waals surface area contributed by atoms with Gasteiger partial charge < -0.3 is 9.47 Å². The number of para-hydroxylation sites is 1. The third-order valence-corrected chi connectivity index (χ3v) is 7.13. The number of fused-ring (bicyclic) bond motifs is 3. The number of benzene rings is 2. The largest absolute Gasteiger partial charge is 0.374 e. The number of rotatable bonds is 3. The highest BCUT2D eigenvalue weighted by molar-refractivity contribution is 6.28. The van der Waals surface area contributed by atoms with Gasteiger partial charge in [-0.25, -0.2) is 4.90 Å². The quantitative estimate of drug-likeness (QED) is 0.539. The molecule has 0 unspecified atom stereocenters. The molecule has 1 spiro atoms. The smallest absolute Gasteiger partial charge is 0.266 e. The molecule has 2 bridgehead atoms. The number of hydrogen-bond acceptors (Lipinski definition) is 6. The number of morpholine rings is 1. The van der Waals surface area contributed by atoms with Gasteiger partial charge in [0, 0.05) is 0 Å². The van der Waals surface area contributed by atoms with E-state index in [0.29, 0.717) is 5.69 Å². The van der Waals surface area contributed by atoms with Crippen molar-refractivity contribution in [1.82, 2.24) is 4.90 Å². The molecule has 6 rings (SSSR count). The van der Waals surface area contributed by atoms with Gasteiger partial charge in [-0.3, -0.25) is 24.1 Å². The van der Waals surface area contributed by atoms with E-state index in [2.05, 4.69) is 0 Å². The molecule has 0 N–H and O–H groups in total. The number of carbonyl (C=O) groups is 4. The van der Waals surface area contributed by atoms with Gasteiger partial charge in [0.2, 0.25) is 17.4 Å². The number of amides is 3. The third kappa shape index (κ3) is 2.09. The molecule has 0 aliphatic carbocycles. The summed E-state index contributed by atoms with van der Waals surface area (Å²) in [6.45, 7) is 1.37. The predicted octanol–water partition coefficient (Wildman–Crippen LogP) is 1.46. The van der Waals surface area contributed by atoms with Crippen LogP contribution in [0, 0.1) is 11.8 Å². The number of nitrogens with zero attached hydrogens (tertiary/aromatic N) is 2. The Kier molecular flexibility index (Phi) is 3.83. The van der Waals surface area contributed by atoms with Crippen molar-refractivity contribution in [3.63, 3.8) is 0 Å². The monoisotopic (exact) mass is 432 g/mol. The van der Waals surface area contributed by atoms with E-state index >= 15 is 0 Å². The van der Waals surface area contributed by atoms with Gasteiger partial charge in [-0.15, -0.1) is 0 Å². The van der Waals surface area contributed by atoms with Crippen molar-refractivity contribution in [1.29, 1.82) is 0 Å². The van der Waals surface area contributed by atoms with Gasteiger partial charge in [0.1, 0.15) is 11.8 Å². The Hall–Kier alpha value is -3.36. The Bertz CT molecular complexity index is 1170. The van der Waals surface area contributed by atoms with Crippen LogP contribution >= 0.6 is 0 Å². The molecule has 32 heavy (non-hydrogen) atoms. The van der Waals surface area contributed by atoms with Gasteiger partial charge in [-0.05, 0) is 24.6 Å². The number of hydrogen-bond donors (Lipinski definition) is 0. The lowest BCUT2D eigenvalue weighted by Gasteiger charge is -2.48. The summed E-state index contributed by atoms with van der Waals surface area (Å²) in [6, 6.07) is 17.3. The molecule has 8 heteroatoms. The summed E-state index contributed by atoms with van der Waals surface area (Å²) < 4.78 is 12.1. The zero-order valence-electron chi connectivity index (χ0n) is 17.3. The molecule has 2 aromatic carbocycles. The van der Waals surface area contributed by atoms with Crippen LogP contribution in [0.3, 0.4) is 0 Å². The maximum absolute atomic E-state index is 13.8. The van der Waals surface area contributed by atoms with Crippen LogP contribution < -0.4 is 4.90 Å². The molecule has 162 valence electrons. The second kappa shape index (κ2) is 6.34. The van der Waals surface area contributed by atoms with E-state index in [4.69, 9.17) is 9.47 Å². The predicted molar refractivity (Wildman–Crippen MR) is 110 cm³/mol. The van der Waals surface area contributed by atoms with E-state index in [1.807, 2.05) is 30.3 Å². The fourth-order valence-corrected chi connectivity index (χ4v) is 5.85. The zero-order chi connectivity index (χ0) is 22.3. The summed E-state index contributed by atoms with van der Waals surface area (Å²) in [5.74, 6) is -4.46. The summed E-state index contributed by atoms with van der Waals surface area (Å²) in [5, 5.41) is 0. The van der Waals surface area contributed by atoms with E-state index in [0.717, 1.165) is 10.5 Å². The minimum Gasteiger partial charge on any atom is -0.374 e. The van der Waals surface area contributed by atoms with Crippen molar-refractivity contribution >= 4 is 29.2 Å². The highest BCUT2D eigenvalue weighted by Gasteiger charge is 2.85. The van der Waals surface area contributed by atoms with Crippen LogP contribution in [-0.4, -0.2) is 52.9 Å². The van der Waals surface area contributed by atoms with Gasteiger partial charge in [-0.1, -0.05) is 48.5 Å². The van der Waals surface area contributed by atoms with E-state index in [9.17, 15) is 19.2 Å². The van der Waals surface area contributed by atoms with Gasteiger partial charge in [-0.2, -0.15) is 0 Å². The Labute approximate surface area is 183 Å². The molecule has 0 aromatic heterocycles. The summed E-state index contributed by atoms with van der Waals surface area (Å²) >= 11 is 0. The van der Waals surface area contributed by atoms with Crippen molar-refractivity contribution in [2.75, 3.05) is 18.1 Å². The van der Waals surface area contributed by atoms with Crippen LogP contribution in [0.15, 0.2) is 60.7 Å². The van der Waals surface area contributed by atoms with E-state index < -0.39 is 52.7 Å². The average molecular weight is 432 g/mol. The molecule has 4 aliphatic rings. The maximum atomic E-state index is 13.8. The highest BCUT2D eigenvalue weighted by atomic mass is 16.6. The highest BCUT2D eigenvalue weighted by Crippen LogP contribution is 2.62. The number of ether oxygens (including phenoxy) is 2. The Morgan fingerprint density at radius 1 is 0.938 bits per heavy atom. The molecular weight excluding hydrogens is 412 g/mol. The lowest BCUT2D eigenvalue weighted by atomic mass is 9.71. The number of Topliss-reactive ketones (excluding diaryl/α,β-unsaturated/α-hetero) is 1. The van der Waals surface area contributed by atoms with Crippen molar-refractivity contribution < 1.29 is 28.7 Å². The first-order chi connectivity index (χ1) is 15.4. The Morgan fingerprint density at radius 3 is 2.22 bits per heavy atom. The summed E-state index contributed by atoms with van der Waals surface area (Å²) in [6.07, 6.45) is 0. The minimum absolute atomic E-state index is 0.0834. The van der Waals surface area contributed by atoms with Crippen LogP contribution in [0.2, 0.25) is 0 Å². The first kappa shape index (κ1) is 19.3. The van der Waals surface area contributed by atoms with Crippen molar-refractivity contribution in [2.24, 2.45) is 11.8 Å². The SMILES string of the molecule is CC(=O)[C@@]12O[C@]3(COC[C@@H](c4ccccc4)N3C1=O)[C@H]1C(=O)N(c3ccccc3)C(=O)[C@H]12. The van der Waals surface area contributed by atoms with E-state index in [1.54, 1.807) is 30.3 Å². The second-order valence-corrected chi connectivity index (χ2v) is 8.66. The van der Waals surface area contributed by atoms with Crippen LogP contribution in [0.25, 0.3) is 0 Å². The lowest BCUT2D eigenvalue weighted by Crippen LogP contribution is -2.66. The zero-order valence-corrected chi connectivity index (χ0v) is 17.3. The van der Waals surface area contributed by atoms with Gasteiger partial charge in [0.25, 0.3) is 5.91 Å². The minimum atomic E-state index is -2.03. The van der Waals surface area contributed by atoms with Crippen LogP contribution in [0.5, 0.6) is 0 Å². The average Bonchev–Trinajstić information content (AvgIpc) is 3.37. The molecule has 4 heterocycles. The molecule has 4 saturated heterocycles. The normalized spacial score (nSPS) is 35.3. The first-order valence-corrected chi connectivity index (χ1v) is 10.5. The van der Waals surface area contributed by atoms with E-state index in [-0.39, 0.29) is 13.2 Å². The molecule has 8 nitrogen and oxygen atoms in total. The summed E-state index contributed by atoms with van der Waals surface area (Å²) in [5.41, 5.74) is -2.32. The molecule has 5 atom stereocenters. The van der Waals surface area contributed by atoms with Crippen LogP contribution in [-0.2, 0) is 28.7 Å². The number of anilines is 1. The fourth-order valence-electron chi connectivity index (χ4n) is 5.85. The second-order valence-electron chi connectivity index (χ2n) is 8.66. The molecule has 3 amide bonds.